The molecule has 88 valence electrons. The lowest BCUT2D eigenvalue weighted by atomic mass is 10.3. The molecule has 0 saturated carbocycles. The summed E-state index contributed by atoms with van der Waals surface area (Å²) in [5.41, 5.74) is 0. The Kier molecular flexibility index (Phi) is 5.23. The van der Waals surface area contributed by atoms with Gasteiger partial charge in [0.15, 0.2) is 6.04 Å². The standard InChI is InChI=1S/C7H13NO6S/c1-5(9)8-6(7(10)13-2)4-14-15(3,11)12/h6H,4H2,1-3H3,(H,8,9)/t6-/m0/s1. The fraction of sp³-hybridized carbons (Fsp3) is 0.714. The number of esters is 1. The van der Waals surface area contributed by atoms with E-state index < -0.39 is 34.6 Å². The molecule has 7 nitrogen and oxygen atoms in total. The molecule has 0 saturated heterocycles. The van der Waals surface area contributed by atoms with Crippen LogP contribution < -0.4 is 5.32 Å². The summed E-state index contributed by atoms with van der Waals surface area (Å²) in [5.74, 6) is -1.25. The number of hydrogen-bond donors (Lipinski definition) is 1. The maximum atomic E-state index is 11.1. The maximum Gasteiger partial charge on any atom is 0.330 e. The van der Waals surface area contributed by atoms with E-state index in [1.807, 2.05) is 0 Å². The second-order valence-corrected chi connectivity index (χ2v) is 4.41. The van der Waals surface area contributed by atoms with Gasteiger partial charge in [-0.05, 0) is 0 Å². The van der Waals surface area contributed by atoms with Crippen LogP contribution >= 0.6 is 0 Å². The lowest BCUT2D eigenvalue weighted by Crippen LogP contribution is -2.44. The molecule has 0 heterocycles. The number of carbonyl (C=O) groups is 2. The summed E-state index contributed by atoms with van der Waals surface area (Å²) in [6.07, 6.45) is 0.842. The van der Waals surface area contributed by atoms with E-state index in [9.17, 15) is 18.0 Å². The second kappa shape index (κ2) is 5.66. The third kappa shape index (κ3) is 6.86. The van der Waals surface area contributed by atoms with Gasteiger partial charge >= 0.3 is 5.97 Å². The first-order valence-electron chi connectivity index (χ1n) is 3.95. The number of nitrogens with one attached hydrogen (secondary N) is 1. The third-order valence-electron chi connectivity index (χ3n) is 1.31. The Hall–Kier alpha value is -1.15. The van der Waals surface area contributed by atoms with E-state index in [1.165, 1.54) is 6.92 Å². The van der Waals surface area contributed by atoms with Gasteiger partial charge in [0, 0.05) is 6.92 Å². The summed E-state index contributed by atoms with van der Waals surface area (Å²) >= 11 is 0. The van der Waals surface area contributed by atoms with E-state index in [4.69, 9.17) is 0 Å². The van der Waals surface area contributed by atoms with Crippen LogP contribution in [0.2, 0.25) is 0 Å². The first-order valence-corrected chi connectivity index (χ1v) is 5.77. The fourth-order valence-electron chi connectivity index (χ4n) is 0.748. The maximum absolute atomic E-state index is 11.1. The van der Waals surface area contributed by atoms with E-state index in [0.717, 1.165) is 13.4 Å². The quantitative estimate of drug-likeness (QED) is 0.470. The van der Waals surface area contributed by atoms with Crippen LogP contribution in [-0.4, -0.2) is 46.3 Å². The van der Waals surface area contributed by atoms with Crippen molar-refractivity contribution in [2.45, 2.75) is 13.0 Å². The highest BCUT2D eigenvalue weighted by Gasteiger charge is 2.22. The largest absolute Gasteiger partial charge is 0.467 e. The second-order valence-electron chi connectivity index (χ2n) is 2.76. The molecule has 0 aromatic rings. The predicted octanol–water partition coefficient (Wildman–Crippen LogP) is -1.36. The highest BCUT2D eigenvalue weighted by molar-refractivity contribution is 7.85. The molecule has 15 heavy (non-hydrogen) atoms. The average molecular weight is 239 g/mol. The zero-order chi connectivity index (χ0) is 12.1. The lowest BCUT2D eigenvalue weighted by molar-refractivity contribution is -0.145. The molecule has 0 aromatic heterocycles. The van der Waals surface area contributed by atoms with Crippen molar-refractivity contribution in [3.8, 4) is 0 Å². The van der Waals surface area contributed by atoms with Crippen molar-refractivity contribution in [3.63, 3.8) is 0 Å². The Morgan fingerprint density at radius 1 is 1.40 bits per heavy atom. The monoisotopic (exact) mass is 239 g/mol. The van der Waals surface area contributed by atoms with E-state index in [1.54, 1.807) is 0 Å². The highest BCUT2D eigenvalue weighted by Crippen LogP contribution is 1.94. The van der Waals surface area contributed by atoms with Crippen molar-refractivity contribution in [2.24, 2.45) is 0 Å². The van der Waals surface area contributed by atoms with Crippen LogP contribution in [0.25, 0.3) is 0 Å². The summed E-state index contributed by atoms with van der Waals surface area (Å²) in [6, 6.07) is -1.12. The summed E-state index contributed by atoms with van der Waals surface area (Å²) in [4.78, 5) is 21.7. The summed E-state index contributed by atoms with van der Waals surface area (Å²) in [6.45, 7) is 0.710. The first-order chi connectivity index (χ1) is 6.76. The van der Waals surface area contributed by atoms with Crippen LogP contribution in [0.1, 0.15) is 6.92 Å². The molecular formula is C7H13NO6S. The number of carbonyl (C=O) groups excluding carboxylic acids is 2. The third-order valence-corrected chi connectivity index (χ3v) is 1.88. The normalized spacial score (nSPS) is 13.0. The minimum Gasteiger partial charge on any atom is -0.467 e. The number of amides is 1. The molecule has 0 aromatic carbocycles. The zero-order valence-electron chi connectivity index (χ0n) is 8.64. The van der Waals surface area contributed by atoms with Crippen LogP contribution in [0.3, 0.4) is 0 Å². The Bertz CT molecular complexity index is 335. The SMILES string of the molecule is COC(=O)[C@H](COS(C)(=O)=O)NC(C)=O. The number of ether oxygens (including phenoxy) is 1. The minimum absolute atomic E-state index is 0.481. The molecule has 1 amide bonds. The van der Waals surface area contributed by atoms with Gasteiger partial charge in [-0.15, -0.1) is 0 Å². The van der Waals surface area contributed by atoms with E-state index in [-0.39, 0.29) is 0 Å². The number of methoxy groups -OCH3 is 1. The van der Waals surface area contributed by atoms with Crippen LogP contribution in [0.4, 0.5) is 0 Å². The van der Waals surface area contributed by atoms with Crippen LogP contribution in [0, 0.1) is 0 Å². The Balaban J connectivity index is 4.38. The lowest BCUT2D eigenvalue weighted by Gasteiger charge is -2.14. The van der Waals surface area contributed by atoms with Crippen molar-refractivity contribution >= 4 is 22.0 Å². The molecule has 0 fully saturated rings. The van der Waals surface area contributed by atoms with Gasteiger partial charge in [0.2, 0.25) is 5.91 Å². The van der Waals surface area contributed by atoms with E-state index in [2.05, 4.69) is 14.2 Å². The van der Waals surface area contributed by atoms with Gasteiger partial charge < -0.3 is 10.1 Å². The minimum atomic E-state index is -3.66. The van der Waals surface area contributed by atoms with Crippen LogP contribution in [0.15, 0.2) is 0 Å². The van der Waals surface area contributed by atoms with E-state index >= 15 is 0 Å². The molecule has 0 spiro atoms. The number of rotatable bonds is 5. The van der Waals surface area contributed by atoms with Gasteiger partial charge in [-0.2, -0.15) is 8.42 Å². The van der Waals surface area contributed by atoms with Gasteiger partial charge in [-0.25, -0.2) is 4.79 Å². The fourth-order valence-corrected chi connectivity index (χ4v) is 1.13. The Labute approximate surface area is 87.9 Å². The average Bonchev–Trinajstić information content (AvgIpc) is 2.09. The summed E-state index contributed by atoms with van der Waals surface area (Å²) < 4.78 is 30.0. The summed E-state index contributed by atoms with van der Waals surface area (Å²) in [7, 11) is -2.53. The zero-order valence-corrected chi connectivity index (χ0v) is 9.46. The Morgan fingerprint density at radius 3 is 2.27 bits per heavy atom. The first kappa shape index (κ1) is 13.8. The molecule has 0 aliphatic carbocycles. The molecule has 0 rings (SSSR count). The number of hydrogen-bond acceptors (Lipinski definition) is 6. The van der Waals surface area contributed by atoms with Gasteiger partial charge in [0.05, 0.1) is 20.0 Å². The molecule has 0 aliphatic heterocycles. The molecule has 0 radical (unpaired) electrons. The van der Waals surface area contributed by atoms with Crippen molar-refractivity contribution in [1.29, 1.82) is 0 Å². The van der Waals surface area contributed by atoms with Crippen LogP contribution in [-0.2, 0) is 28.6 Å². The van der Waals surface area contributed by atoms with Crippen molar-refractivity contribution in [1.82, 2.24) is 5.32 Å². The Morgan fingerprint density at radius 2 is 1.93 bits per heavy atom. The van der Waals surface area contributed by atoms with Crippen molar-refractivity contribution in [2.75, 3.05) is 20.0 Å². The van der Waals surface area contributed by atoms with Crippen molar-refractivity contribution in [3.05, 3.63) is 0 Å². The van der Waals surface area contributed by atoms with Crippen molar-refractivity contribution < 1.29 is 26.9 Å². The van der Waals surface area contributed by atoms with E-state index in [0.29, 0.717) is 0 Å². The molecule has 0 bridgehead atoms. The molecule has 0 unspecified atom stereocenters. The predicted molar refractivity (Wildman–Crippen MR) is 50.4 cm³/mol. The van der Waals surface area contributed by atoms with Gasteiger partial charge in [-0.1, -0.05) is 0 Å². The van der Waals surface area contributed by atoms with Gasteiger partial charge in [-0.3, -0.25) is 8.98 Å². The highest BCUT2D eigenvalue weighted by atomic mass is 32.2. The summed E-state index contributed by atoms with van der Waals surface area (Å²) in [5, 5.41) is 2.20. The molecule has 1 N–H and O–H groups in total. The molecule has 8 heteroatoms. The molecule has 1 atom stereocenters. The smallest absolute Gasteiger partial charge is 0.330 e. The topological polar surface area (TPSA) is 98.8 Å². The molecule has 0 aliphatic rings. The van der Waals surface area contributed by atoms with Crippen LogP contribution in [0.5, 0.6) is 0 Å². The van der Waals surface area contributed by atoms with Gasteiger partial charge in [0.25, 0.3) is 10.1 Å². The molecular weight excluding hydrogens is 226 g/mol. The van der Waals surface area contributed by atoms with Gasteiger partial charge in [0.1, 0.15) is 0 Å².